The molecule has 1 aliphatic carbocycles. The van der Waals surface area contributed by atoms with Crippen molar-refractivity contribution in [3.63, 3.8) is 0 Å². The molecular weight excluding hydrogens is 294 g/mol. The summed E-state index contributed by atoms with van der Waals surface area (Å²) in [5, 5.41) is 7.63. The minimum Gasteiger partial charge on any atom is -0.326 e. The van der Waals surface area contributed by atoms with Gasteiger partial charge in [0.25, 0.3) is 0 Å². The third-order valence-corrected chi connectivity index (χ3v) is 5.74. The van der Waals surface area contributed by atoms with E-state index in [1.165, 1.54) is 29.0 Å². The van der Waals surface area contributed by atoms with Gasteiger partial charge in [-0.25, -0.2) is 4.98 Å². The van der Waals surface area contributed by atoms with Crippen LogP contribution < -0.4 is 10.6 Å². The summed E-state index contributed by atoms with van der Waals surface area (Å²) in [5.41, 5.74) is 1.95. The van der Waals surface area contributed by atoms with Crippen molar-refractivity contribution >= 4 is 33.1 Å². The Morgan fingerprint density at radius 1 is 1.36 bits per heavy atom. The number of fused-ring (bicyclic) bond motifs is 1. The Balaban J connectivity index is 1.38. The second-order valence-electron chi connectivity index (χ2n) is 6.45. The summed E-state index contributed by atoms with van der Waals surface area (Å²) < 4.78 is 1.18. The molecule has 1 amide bonds. The first-order valence-corrected chi connectivity index (χ1v) is 9.00. The Labute approximate surface area is 134 Å². The van der Waals surface area contributed by atoms with E-state index in [0.717, 1.165) is 30.7 Å². The highest BCUT2D eigenvalue weighted by atomic mass is 32.1. The van der Waals surface area contributed by atoms with Gasteiger partial charge in [-0.3, -0.25) is 4.79 Å². The number of thiazole rings is 1. The Kier molecular flexibility index (Phi) is 3.84. The van der Waals surface area contributed by atoms with Crippen LogP contribution in [0.25, 0.3) is 10.2 Å². The molecular formula is C17H21N3OS. The van der Waals surface area contributed by atoms with E-state index in [1.807, 2.05) is 12.1 Å². The van der Waals surface area contributed by atoms with Crippen LogP contribution in [0.4, 0.5) is 5.69 Å². The molecule has 5 heteroatoms. The lowest BCUT2D eigenvalue weighted by Crippen LogP contribution is -2.14. The first kappa shape index (κ1) is 14.2. The summed E-state index contributed by atoms with van der Waals surface area (Å²) in [4.78, 5) is 16.8. The van der Waals surface area contributed by atoms with Crippen molar-refractivity contribution in [2.45, 2.75) is 38.0 Å². The minimum absolute atomic E-state index is 0.123. The number of carbonyl (C=O) groups excluding carboxylic acids is 1. The molecule has 4 nitrogen and oxygen atoms in total. The largest absolute Gasteiger partial charge is 0.326 e. The molecule has 2 N–H and O–H groups in total. The first-order chi connectivity index (χ1) is 10.8. The van der Waals surface area contributed by atoms with Gasteiger partial charge in [0, 0.05) is 18.0 Å². The molecule has 2 aliphatic rings. The number of nitrogens with one attached hydrogen (secondary N) is 2. The highest BCUT2D eigenvalue weighted by molar-refractivity contribution is 7.18. The highest BCUT2D eigenvalue weighted by Gasteiger charge is 2.27. The molecule has 2 heterocycles. The van der Waals surface area contributed by atoms with Crippen LogP contribution in [-0.4, -0.2) is 24.0 Å². The number of amides is 1. The molecule has 1 aromatic carbocycles. The molecule has 1 saturated heterocycles. The molecule has 0 spiro atoms. The predicted molar refractivity (Wildman–Crippen MR) is 90.4 cm³/mol. The van der Waals surface area contributed by atoms with Crippen molar-refractivity contribution in [1.82, 2.24) is 10.3 Å². The van der Waals surface area contributed by atoms with Crippen LogP contribution in [0.5, 0.6) is 0 Å². The number of nitrogens with zero attached hydrogens (tertiary/aromatic N) is 1. The topological polar surface area (TPSA) is 54.0 Å². The number of benzene rings is 1. The fourth-order valence-electron chi connectivity index (χ4n) is 3.04. The number of hydrogen-bond acceptors (Lipinski definition) is 4. The maximum atomic E-state index is 12.1. The highest BCUT2D eigenvalue weighted by Crippen LogP contribution is 2.43. The van der Waals surface area contributed by atoms with Crippen LogP contribution >= 0.6 is 11.3 Å². The molecule has 0 bridgehead atoms. The van der Waals surface area contributed by atoms with Crippen LogP contribution in [0.15, 0.2) is 18.2 Å². The van der Waals surface area contributed by atoms with Gasteiger partial charge in [-0.15, -0.1) is 11.3 Å². The predicted octanol–water partition coefficient (Wildman–Crippen LogP) is 3.50. The fourth-order valence-corrected chi connectivity index (χ4v) is 4.22. The molecule has 1 aromatic heterocycles. The molecule has 2 fully saturated rings. The van der Waals surface area contributed by atoms with Crippen LogP contribution in [0.2, 0.25) is 0 Å². The zero-order chi connectivity index (χ0) is 14.9. The zero-order valence-electron chi connectivity index (χ0n) is 12.6. The van der Waals surface area contributed by atoms with Gasteiger partial charge in [-0.05, 0) is 62.9 Å². The van der Waals surface area contributed by atoms with E-state index in [9.17, 15) is 4.79 Å². The van der Waals surface area contributed by atoms with Gasteiger partial charge < -0.3 is 10.6 Å². The van der Waals surface area contributed by atoms with Crippen LogP contribution in [-0.2, 0) is 4.79 Å². The smallest absolute Gasteiger partial charge is 0.224 e. The van der Waals surface area contributed by atoms with Gasteiger partial charge in [0.1, 0.15) is 0 Å². The van der Waals surface area contributed by atoms with Crippen molar-refractivity contribution in [2.24, 2.45) is 5.92 Å². The molecule has 116 valence electrons. The molecule has 1 atom stereocenters. The molecule has 22 heavy (non-hydrogen) atoms. The van der Waals surface area contributed by atoms with E-state index in [-0.39, 0.29) is 5.91 Å². The van der Waals surface area contributed by atoms with Gasteiger partial charge in [-0.2, -0.15) is 0 Å². The molecule has 2 aromatic rings. The molecule has 1 unspecified atom stereocenters. The number of aromatic nitrogens is 1. The monoisotopic (exact) mass is 315 g/mol. The molecule has 1 saturated carbocycles. The second kappa shape index (κ2) is 5.97. The molecule has 4 rings (SSSR count). The SMILES string of the molecule is O=C(CCC1CCNC1)Nc1ccc2nc(C3CC3)sc2c1. The summed E-state index contributed by atoms with van der Waals surface area (Å²) in [6, 6.07) is 6.05. The average molecular weight is 315 g/mol. The number of hydrogen-bond donors (Lipinski definition) is 2. The number of rotatable bonds is 5. The van der Waals surface area contributed by atoms with Gasteiger partial charge in [-0.1, -0.05) is 0 Å². The van der Waals surface area contributed by atoms with Gasteiger partial charge in [0.2, 0.25) is 5.91 Å². The number of carbonyl (C=O) groups is 1. The zero-order valence-corrected chi connectivity index (χ0v) is 13.4. The Bertz CT molecular complexity index is 686. The van der Waals surface area contributed by atoms with E-state index in [4.69, 9.17) is 0 Å². The third-order valence-electron chi connectivity index (χ3n) is 4.56. The molecule has 0 radical (unpaired) electrons. The lowest BCUT2D eigenvalue weighted by molar-refractivity contribution is -0.116. The van der Waals surface area contributed by atoms with E-state index in [2.05, 4.69) is 21.7 Å². The first-order valence-electron chi connectivity index (χ1n) is 8.19. The summed E-state index contributed by atoms with van der Waals surface area (Å²) in [5.74, 6) is 1.48. The quantitative estimate of drug-likeness (QED) is 0.888. The van der Waals surface area contributed by atoms with Crippen LogP contribution in [0.3, 0.4) is 0 Å². The molecule has 1 aliphatic heterocycles. The second-order valence-corrected chi connectivity index (χ2v) is 7.52. The van der Waals surface area contributed by atoms with E-state index < -0.39 is 0 Å². The maximum Gasteiger partial charge on any atom is 0.224 e. The summed E-state index contributed by atoms with van der Waals surface area (Å²) in [6.45, 7) is 2.15. The Hall–Kier alpha value is -1.46. The lowest BCUT2D eigenvalue weighted by Gasteiger charge is -2.08. The van der Waals surface area contributed by atoms with Crippen molar-refractivity contribution in [1.29, 1.82) is 0 Å². The maximum absolute atomic E-state index is 12.1. The number of anilines is 1. The standard InChI is InChI=1S/C17H21N3OS/c21-16(6-1-11-7-8-18-10-11)19-13-4-5-14-15(9-13)22-17(20-14)12-2-3-12/h4-5,9,11-12,18H,1-3,6-8,10H2,(H,19,21). The normalized spacial score (nSPS) is 21.4. The van der Waals surface area contributed by atoms with Crippen molar-refractivity contribution in [3.05, 3.63) is 23.2 Å². The fraction of sp³-hybridized carbons (Fsp3) is 0.529. The average Bonchev–Trinajstić information content (AvgIpc) is 3.08. The van der Waals surface area contributed by atoms with Gasteiger partial charge >= 0.3 is 0 Å². The van der Waals surface area contributed by atoms with Crippen LogP contribution in [0, 0.1) is 5.92 Å². The third kappa shape index (κ3) is 3.15. The summed E-state index contributed by atoms with van der Waals surface area (Å²) >= 11 is 1.77. The Morgan fingerprint density at radius 3 is 3.05 bits per heavy atom. The van der Waals surface area contributed by atoms with Crippen molar-refractivity contribution < 1.29 is 4.79 Å². The Morgan fingerprint density at radius 2 is 2.27 bits per heavy atom. The van der Waals surface area contributed by atoms with Crippen molar-refractivity contribution in [3.8, 4) is 0 Å². The van der Waals surface area contributed by atoms with E-state index in [1.54, 1.807) is 11.3 Å². The van der Waals surface area contributed by atoms with Gasteiger partial charge in [0.15, 0.2) is 0 Å². The van der Waals surface area contributed by atoms with Crippen molar-refractivity contribution in [2.75, 3.05) is 18.4 Å². The van der Waals surface area contributed by atoms with E-state index in [0.29, 0.717) is 18.3 Å². The summed E-state index contributed by atoms with van der Waals surface area (Å²) in [6.07, 6.45) is 5.34. The minimum atomic E-state index is 0.123. The summed E-state index contributed by atoms with van der Waals surface area (Å²) in [7, 11) is 0. The lowest BCUT2D eigenvalue weighted by atomic mass is 10.0. The van der Waals surface area contributed by atoms with Gasteiger partial charge in [0.05, 0.1) is 15.2 Å². The van der Waals surface area contributed by atoms with E-state index >= 15 is 0 Å². The van der Waals surface area contributed by atoms with Crippen LogP contribution in [0.1, 0.15) is 43.0 Å².